The maximum Gasteiger partial charge on any atom is 0.222 e. The Morgan fingerprint density at radius 1 is 1.17 bits per heavy atom. The zero-order valence-electron chi connectivity index (χ0n) is 16.2. The molecule has 3 N–H and O–H groups in total. The van der Waals surface area contributed by atoms with Crippen molar-refractivity contribution in [1.82, 2.24) is 20.9 Å². The molecular formula is C18H37N5O. The van der Waals surface area contributed by atoms with Crippen molar-refractivity contribution in [3.63, 3.8) is 0 Å². The second-order valence-electron chi connectivity index (χ2n) is 7.32. The summed E-state index contributed by atoms with van der Waals surface area (Å²) in [5.41, 5.74) is 0. The minimum absolute atomic E-state index is 0.0244. The monoisotopic (exact) mass is 339 g/mol. The molecule has 140 valence electrons. The molecule has 1 fully saturated rings. The molecule has 1 rings (SSSR count). The Bertz CT molecular complexity index is 387. The van der Waals surface area contributed by atoms with E-state index in [-0.39, 0.29) is 11.8 Å². The van der Waals surface area contributed by atoms with Crippen LogP contribution in [0.1, 0.15) is 47.5 Å². The predicted molar refractivity (Wildman–Crippen MR) is 101 cm³/mol. The third kappa shape index (κ3) is 8.52. The van der Waals surface area contributed by atoms with Gasteiger partial charge in [0.2, 0.25) is 5.91 Å². The van der Waals surface area contributed by atoms with Gasteiger partial charge < -0.3 is 20.9 Å². The molecule has 24 heavy (non-hydrogen) atoms. The first-order valence-electron chi connectivity index (χ1n) is 9.47. The molecule has 1 saturated heterocycles. The van der Waals surface area contributed by atoms with E-state index in [0.717, 1.165) is 44.4 Å². The molecule has 0 unspecified atom stereocenters. The number of piperidine rings is 1. The van der Waals surface area contributed by atoms with Crippen LogP contribution in [-0.4, -0.2) is 62.1 Å². The lowest BCUT2D eigenvalue weighted by Crippen LogP contribution is -2.49. The smallest absolute Gasteiger partial charge is 0.222 e. The van der Waals surface area contributed by atoms with Crippen LogP contribution in [0.25, 0.3) is 0 Å². The summed E-state index contributed by atoms with van der Waals surface area (Å²) in [4.78, 5) is 18.7. The predicted octanol–water partition coefficient (Wildman–Crippen LogP) is 1.43. The Labute approximate surface area is 147 Å². The van der Waals surface area contributed by atoms with Crippen LogP contribution in [-0.2, 0) is 4.79 Å². The van der Waals surface area contributed by atoms with Gasteiger partial charge in [0.15, 0.2) is 5.96 Å². The van der Waals surface area contributed by atoms with Gasteiger partial charge in [-0.2, -0.15) is 0 Å². The van der Waals surface area contributed by atoms with E-state index in [1.165, 1.54) is 6.54 Å². The summed E-state index contributed by atoms with van der Waals surface area (Å²) in [5, 5.41) is 9.74. The molecule has 0 bridgehead atoms. The number of nitrogens with zero attached hydrogens (tertiary/aromatic N) is 2. The zero-order valence-corrected chi connectivity index (χ0v) is 16.2. The number of hydrogen-bond donors (Lipinski definition) is 3. The van der Waals surface area contributed by atoms with Gasteiger partial charge in [-0.05, 0) is 25.7 Å². The van der Waals surface area contributed by atoms with E-state index in [1.54, 1.807) is 0 Å². The molecule has 0 aromatic heterocycles. The third-order valence-electron chi connectivity index (χ3n) is 4.10. The highest BCUT2D eigenvalue weighted by Gasteiger charge is 2.20. The van der Waals surface area contributed by atoms with Crippen molar-refractivity contribution in [1.29, 1.82) is 0 Å². The first-order valence-corrected chi connectivity index (χ1v) is 9.47. The number of guanidine groups is 1. The van der Waals surface area contributed by atoms with E-state index in [2.05, 4.69) is 46.6 Å². The number of carbonyl (C=O) groups is 1. The molecule has 1 aliphatic rings. The lowest BCUT2D eigenvalue weighted by molar-refractivity contribution is -0.123. The highest BCUT2D eigenvalue weighted by atomic mass is 16.1. The van der Waals surface area contributed by atoms with Crippen molar-refractivity contribution >= 4 is 11.9 Å². The molecule has 0 saturated carbocycles. The Morgan fingerprint density at radius 3 is 2.38 bits per heavy atom. The van der Waals surface area contributed by atoms with Gasteiger partial charge in [0.1, 0.15) is 0 Å². The molecule has 0 aliphatic carbocycles. The number of aliphatic imine (C=N–C) groups is 1. The van der Waals surface area contributed by atoms with Crippen LogP contribution in [0.5, 0.6) is 0 Å². The van der Waals surface area contributed by atoms with Crippen LogP contribution >= 0.6 is 0 Å². The molecule has 1 amide bonds. The van der Waals surface area contributed by atoms with Crippen molar-refractivity contribution in [3.8, 4) is 0 Å². The second-order valence-corrected chi connectivity index (χ2v) is 7.32. The van der Waals surface area contributed by atoms with Crippen LogP contribution < -0.4 is 16.0 Å². The fourth-order valence-corrected chi connectivity index (χ4v) is 2.84. The van der Waals surface area contributed by atoms with Crippen molar-refractivity contribution in [2.24, 2.45) is 16.8 Å². The third-order valence-corrected chi connectivity index (χ3v) is 4.10. The van der Waals surface area contributed by atoms with Crippen LogP contribution in [0, 0.1) is 11.8 Å². The van der Waals surface area contributed by atoms with Crippen LogP contribution in [0.2, 0.25) is 0 Å². The number of hydrogen-bond acceptors (Lipinski definition) is 3. The fourth-order valence-electron chi connectivity index (χ4n) is 2.84. The van der Waals surface area contributed by atoms with E-state index >= 15 is 0 Å². The van der Waals surface area contributed by atoms with Gasteiger partial charge in [0, 0.05) is 44.7 Å². The van der Waals surface area contributed by atoms with Gasteiger partial charge in [0.05, 0.1) is 6.54 Å². The van der Waals surface area contributed by atoms with E-state index in [9.17, 15) is 4.79 Å². The lowest BCUT2D eigenvalue weighted by Gasteiger charge is -2.34. The van der Waals surface area contributed by atoms with E-state index in [4.69, 9.17) is 0 Å². The largest absolute Gasteiger partial charge is 0.357 e. The standard InChI is InChI=1S/C18H37N5O/c1-6-19-18(21-10-9-20-17(24)15(4)5)22-16-7-11-23(12-8-16)13-14(2)3/h14-16H,6-13H2,1-5H3,(H,20,24)(H2,19,21,22). The average molecular weight is 340 g/mol. The minimum atomic E-state index is 0.0244. The van der Waals surface area contributed by atoms with Crippen molar-refractivity contribution < 1.29 is 4.79 Å². The van der Waals surface area contributed by atoms with Crippen molar-refractivity contribution in [2.45, 2.75) is 53.5 Å². The SMILES string of the molecule is CCNC(=NCCNC(=O)C(C)C)NC1CCN(CC(C)C)CC1. The highest BCUT2D eigenvalue weighted by molar-refractivity contribution is 5.80. The van der Waals surface area contributed by atoms with Gasteiger partial charge in [-0.15, -0.1) is 0 Å². The summed E-state index contributed by atoms with van der Waals surface area (Å²) >= 11 is 0. The first kappa shape index (κ1) is 20.7. The summed E-state index contributed by atoms with van der Waals surface area (Å²) in [6.07, 6.45) is 2.31. The maximum atomic E-state index is 11.5. The van der Waals surface area contributed by atoms with Gasteiger partial charge in [-0.3, -0.25) is 9.79 Å². The summed E-state index contributed by atoms with van der Waals surface area (Å²) in [6.45, 7) is 15.9. The Kier molecular flexibility index (Phi) is 9.76. The molecule has 6 heteroatoms. The Balaban J connectivity index is 2.35. The Morgan fingerprint density at radius 2 is 1.83 bits per heavy atom. The summed E-state index contributed by atoms with van der Waals surface area (Å²) < 4.78 is 0. The van der Waals surface area contributed by atoms with E-state index < -0.39 is 0 Å². The quantitative estimate of drug-likeness (QED) is 0.355. The topological polar surface area (TPSA) is 68.8 Å². The van der Waals surface area contributed by atoms with Gasteiger partial charge in [0.25, 0.3) is 0 Å². The minimum Gasteiger partial charge on any atom is -0.357 e. The molecule has 0 radical (unpaired) electrons. The molecule has 0 aromatic rings. The summed E-state index contributed by atoms with van der Waals surface area (Å²) in [5.74, 6) is 1.70. The zero-order chi connectivity index (χ0) is 17.9. The summed E-state index contributed by atoms with van der Waals surface area (Å²) in [7, 11) is 0. The molecule has 1 heterocycles. The van der Waals surface area contributed by atoms with Gasteiger partial charge >= 0.3 is 0 Å². The number of rotatable bonds is 8. The van der Waals surface area contributed by atoms with E-state index in [0.29, 0.717) is 19.1 Å². The van der Waals surface area contributed by atoms with Crippen molar-refractivity contribution in [3.05, 3.63) is 0 Å². The number of carbonyl (C=O) groups excluding carboxylic acids is 1. The molecule has 1 aliphatic heterocycles. The lowest BCUT2D eigenvalue weighted by atomic mass is 10.0. The normalized spacial score (nSPS) is 17.4. The molecule has 0 atom stereocenters. The van der Waals surface area contributed by atoms with E-state index in [1.807, 2.05) is 13.8 Å². The number of amides is 1. The second kappa shape index (κ2) is 11.3. The first-order chi connectivity index (χ1) is 11.4. The number of nitrogens with one attached hydrogen (secondary N) is 3. The summed E-state index contributed by atoms with van der Waals surface area (Å²) in [6, 6.07) is 0.483. The fraction of sp³-hybridized carbons (Fsp3) is 0.889. The maximum absolute atomic E-state index is 11.5. The molecule has 0 spiro atoms. The number of likely N-dealkylation sites (tertiary alicyclic amines) is 1. The molecule has 0 aromatic carbocycles. The average Bonchev–Trinajstić information content (AvgIpc) is 2.52. The molecular weight excluding hydrogens is 302 g/mol. The Hall–Kier alpha value is -1.30. The van der Waals surface area contributed by atoms with Crippen molar-refractivity contribution in [2.75, 3.05) is 39.3 Å². The van der Waals surface area contributed by atoms with Crippen LogP contribution in [0.3, 0.4) is 0 Å². The molecule has 6 nitrogen and oxygen atoms in total. The van der Waals surface area contributed by atoms with Crippen LogP contribution in [0.15, 0.2) is 4.99 Å². The van der Waals surface area contributed by atoms with Gasteiger partial charge in [-0.1, -0.05) is 27.7 Å². The van der Waals surface area contributed by atoms with Gasteiger partial charge in [-0.25, -0.2) is 0 Å². The highest BCUT2D eigenvalue weighted by Crippen LogP contribution is 2.11. The van der Waals surface area contributed by atoms with Crippen LogP contribution in [0.4, 0.5) is 0 Å².